The lowest BCUT2D eigenvalue weighted by Crippen LogP contribution is -2.37. The first kappa shape index (κ1) is 17.3. The molecule has 0 fully saturated rings. The maximum atomic E-state index is 12.4. The normalized spacial score (nSPS) is 11.7. The number of nitrogens with one attached hydrogen (secondary N) is 1. The number of ether oxygens (including phenoxy) is 1. The minimum atomic E-state index is -0.243. The van der Waals surface area contributed by atoms with Crippen LogP contribution in [0.1, 0.15) is 43.7 Å². The SMILES string of the molecule is CCC(CC)(CCO)CNC(=O)c1cc2cccc(OC)c2o1. The van der Waals surface area contributed by atoms with Gasteiger partial charge in [-0.25, -0.2) is 0 Å². The summed E-state index contributed by atoms with van der Waals surface area (Å²) in [5, 5.41) is 13.0. The minimum Gasteiger partial charge on any atom is -0.493 e. The maximum absolute atomic E-state index is 12.4. The number of furan rings is 1. The lowest BCUT2D eigenvalue weighted by molar-refractivity contribution is 0.0882. The Hall–Kier alpha value is -2.01. The molecule has 1 aromatic carbocycles. The Balaban J connectivity index is 2.14. The molecule has 0 spiro atoms. The van der Waals surface area contributed by atoms with E-state index in [4.69, 9.17) is 9.15 Å². The molecule has 0 radical (unpaired) electrons. The Morgan fingerprint density at radius 3 is 2.70 bits per heavy atom. The van der Waals surface area contributed by atoms with Gasteiger partial charge < -0.3 is 19.6 Å². The lowest BCUT2D eigenvalue weighted by Gasteiger charge is -2.31. The van der Waals surface area contributed by atoms with E-state index in [0.717, 1.165) is 18.2 Å². The summed E-state index contributed by atoms with van der Waals surface area (Å²) in [6.45, 7) is 4.81. The largest absolute Gasteiger partial charge is 0.493 e. The summed E-state index contributed by atoms with van der Waals surface area (Å²) in [5.74, 6) is 0.639. The van der Waals surface area contributed by atoms with Gasteiger partial charge >= 0.3 is 0 Å². The predicted molar refractivity (Wildman–Crippen MR) is 89.8 cm³/mol. The molecule has 0 saturated heterocycles. The van der Waals surface area contributed by atoms with Crippen LogP contribution >= 0.6 is 0 Å². The molecule has 0 aliphatic heterocycles. The van der Waals surface area contributed by atoms with Crippen LogP contribution in [0.4, 0.5) is 0 Å². The Kier molecular flexibility index (Phi) is 5.66. The van der Waals surface area contributed by atoms with Crippen molar-refractivity contribution in [2.24, 2.45) is 5.41 Å². The van der Waals surface area contributed by atoms with Crippen molar-refractivity contribution in [2.75, 3.05) is 20.3 Å². The zero-order valence-electron chi connectivity index (χ0n) is 14.0. The number of hydrogen-bond acceptors (Lipinski definition) is 4. The molecule has 0 saturated carbocycles. The van der Waals surface area contributed by atoms with E-state index in [2.05, 4.69) is 19.2 Å². The third-order valence-electron chi connectivity index (χ3n) is 4.72. The van der Waals surface area contributed by atoms with Gasteiger partial charge in [0.15, 0.2) is 17.1 Å². The molecule has 1 aromatic heterocycles. The average molecular weight is 319 g/mol. The molecule has 1 heterocycles. The first-order valence-corrected chi connectivity index (χ1v) is 8.04. The van der Waals surface area contributed by atoms with Crippen molar-refractivity contribution in [3.8, 4) is 5.75 Å². The van der Waals surface area contributed by atoms with Crippen LogP contribution in [0.15, 0.2) is 28.7 Å². The number of aliphatic hydroxyl groups excluding tert-OH is 1. The van der Waals surface area contributed by atoms with Crippen molar-refractivity contribution in [3.05, 3.63) is 30.0 Å². The van der Waals surface area contributed by atoms with Crippen LogP contribution in [0, 0.1) is 5.41 Å². The van der Waals surface area contributed by atoms with Crippen molar-refractivity contribution >= 4 is 16.9 Å². The number of amides is 1. The van der Waals surface area contributed by atoms with E-state index in [1.807, 2.05) is 12.1 Å². The van der Waals surface area contributed by atoms with Gasteiger partial charge in [0.25, 0.3) is 5.91 Å². The quantitative estimate of drug-likeness (QED) is 0.782. The molecule has 2 rings (SSSR count). The maximum Gasteiger partial charge on any atom is 0.287 e. The van der Waals surface area contributed by atoms with Gasteiger partial charge in [-0.3, -0.25) is 4.79 Å². The standard InChI is InChI=1S/C18H25NO4/c1-4-18(5-2,9-10-20)12-19-17(21)15-11-13-7-6-8-14(22-3)16(13)23-15/h6-8,11,20H,4-5,9-10,12H2,1-3H3,(H,19,21). The Labute approximate surface area is 136 Å². The molecule has 2 aromatic rings. The molecule has 0 atom stereocenters. The number of para-hydroxylation sites is 1. The summed E-state index contributed by atoms with van der Waals surface area (Å²) in [5.41, 5.74) is 0.501. The Bertz CT molecular complexity index is 658. The van der Waals surface area contributed by atoms with Crippen molar-refractivity contribution in [3.63, 3.8) is 0 Å². The van der Waals surface area contributed by atoms with Gasteiger partial charge in [0, 0.05) is 18.5 Å². The molecular weight excluding hydrogens is 294 g/mol. The fourth-order valence-electron chi connectivity index (χ4n) is 2.84. The molecule has 5 heteroatoms. The van der Waals surface area contributed by atoms with Crippen molar-refractivity contribution in [1.29, 1.82) is 0 Å². The second-order valence-electron chi connectivity index (χ2n) is 5.85. The zero-order valence-corrected chi connectivity index (χ0v) is 14.0. The first-order chi connectivity index (χ1) is 11.1. The summed E-state index contributed by atoms with van der Waals surface area (Å²) in [6, 6.07) is 7.26. The molecule has 5 nitrogen and oxygen atoms in total. The Morgan fingerprint density at radius 1 is 1.35 bits per heavy atom. The summed E-state index contributed by atoms with van der Waals surface area (Å²) in [7, 11) is 1.57. The monoisotopic (exact) mass is 319 g/mol. The highest BCUT2D eigenvalue weighted by Gasteiger charge is 2.27. The zero-order chi connectivity index (χ0) is 16.9. The molecule has 0 bridgehead atoms. The summed E-state index contributed by atoms with van der Waals surface area (Å²) in [6.07, 6.45) is 2.48. The molecule has 0 unspecified atom stereocenters. The summed E-state index contributed by atoms with van der Waals surface area (Å²) >= 11 is 0. The number of rotatable bonds is 8. The lowest BCUT2D eigenvalue weighted by atomic mass is 9.79. The molecule has 0 aliphatic rings. The van der Waals surface area contributed by atoms with Gasteiger partial charge in [-0.15, -0.1) is 0 Å². The number of hydrogen-bond donors (Lipinski definition) is 2. The van der Waals surface area contributed by atoms with E-state index in [0.29, 0.717) is 24.3 Å². The van der Waals surface area contributed by atoms with Crippen LogP contribution < -0.4 is 10.1 Å². The van der Waals surface area contributed by atoms with Crippen molar-refractivity contribution < 1.29 is 19.1 Å². The number of benzene rings is 1. The number of fused-ring (bicyclic) bond motifs is 1. The number of carbonyl (C=O) groups excluding carboxylic acids is 1. The smallest absolute Gasteiger partial charge is 0.287 e. The van der Waals surface area contributed by atoms with Gasteiger partial charge in [0.05, 0.1) is 7.11 Å². The second kappa shape index (κ2) is 7.51. The highest BCUT2D eigenvalue weighted by Crippen LogP contribution is 2.30. The topological polar surface area (TPSA) is 71.7 Å². The fraction of sp³-hybridized carbons (Fsp3) is 0.500. The van der Waals surface area contributed by atoms with E-state index in [1.54, 1.807) is 19.2 Å². The highest BCUT2D eigenvalue weighted by molar-refractivity contribution is 5.97. The van der Waals surface area contributed by atoms with Crippen LogP contribution in [0.25, 0.3) is 11.0 Å². The third kappa shape index (κ3) is 3.67. The van der Waals surface area contributed by atoms with Crippen molar-refractivity contribution in [2.45, 2.75) is 33.1 Å². The number of methoxy groups -OCH3 is 1. The molecule has 0 aliphatic carbocycles. The fourth-order valence-corrected chi connectivity index (χ4v) is 2.84. The van der Waals surface area contributed by atoms with Crippen molar-refractivity contribution in [1.82, 2.24) is 5.32 Å². The predicted octanol–water partition coefficient (Wildman–Crippen LogP) is 3.36. The third-order valence-corrected chi connectivity index (χ3v) is 4.72. The van der Waals surface area contributed by atoms with Gasteiger partial charge in [-0.2, -0.15) is 0 Å². The molecule has 2 N–H and O–H groups in total. The van der Waals surface area contributed by atoms with E-state index >= 15 is 0 Å². The van der Waals surface area contributed by atoms with Crippen LogP contribution in [0.3, 0.4) is 0 Å². The number of carbonyl (C=O) groups is 1. The van der Waals surface area contributed by atoms with Gasteiger partial charge in [-0.1, -0.05) is 26.0 Å². The first-order valence-electron chi connectivity index (χ1n) is 8.04. The van der Waals surface area contributed by atoms with E-state index in [-0.39, 0.29) is 23.7 Å². The molecular formula is C18H25NO4. The van der Waals surface area contributed by atoms with Crippen LogP contribution in [0.5, 0.6) is 5.75 Å². The van der Waals surface area contributed by atoms with Gasteiger partial charge in [0.1, 0.15) is 0 Å². The summed E-state index contributed by atoms with van der Waals surface area (Å²) in [4.78, 5) is 12.4. The minimum absolute atomic E-state index is 0.0753. The van der Waals surface area contributed by atoms with Crippen LogP contribution in [0.2, 0.25) is 0 Å². The Morgan fingerprint density at radius 2 is 2.09 bits per heavy atom. The number of aliphatic hydroxyl groups is 1. The highest BCUT2D eigenvalue weighted by atomic mass is 16.5. The van der Waals surface area contributed by atoms with Gasteiger partial charge in [0.2, 0.25) is 0 Å². The van der Waals surface area contributed by atoms with Crippen LogP contribution in [-0.4, -0.2) is 31.3 Å². The second-order valence-corrected chi connectivity index (χ2v) is 5.85. The molecule has 1 amide bonds. The average Bonchev–Trinajstić information content (AvgIpc) is 3.02. The molecule has 126 valence electrons. The van der Waals surface area contributed by atoms with Crippen LogP contribution in [-0.2, 0) is 0 Å². The molecule has 23 heavy (non-hydrogen) atoms. The van der Waals surface area contributed by atoms with Gasteiger partial charge in [-0.05, 0) is 36.8 Å². The van der Waals surface area contributed by atoms with E-state index < -0.39 is 0 Å². The summed E-state index contributed by atoms with van der Waals surface area (Å²) < 4.78 is 10.9. The van der Waals surface area contributed by atoms with E-state index in [9.17, 15) is 9.90 Å². The van der Waals surface area contributed by atoms with E-state index in [1.165, 1.54) is 0 Å².